The van der Waals surface area contributed by atoms with Crippen LogP contribution in [0.1, 0.15) is 43.0 Å². The second kappa shape index (κ2) is 8.89. The van der Waals surface area contributed by atoms with Crippen molar-refractivity contribution in [3.05, 3.63) is 47.3 Å². The third-order valence-corrected chi connectivity index (χ3v) is 4.99. The van der Waals surface area contributed by atoms with Gasteiger partial charge in [-0.15, -0.1) is 0 Å². The highest BCUT2D eigenvalue weighted by molar-refractivity contribution is 5.90. The molecular weight excluding hydrogens is 438 g/mol. The second-order valence-electron chi connectivity index (χ2n) is 7.38. The molecule has 0 radical (unpaired) electrons. The Labute approximate surface area is 180 Å². The molecule has 1 unspecified atom stereocenters. The number of aromatic nitrogens is 2. The van der Waals surface area contributed by atoms with E-state index in [1.165, 1.54) is 6.07 Å². The summed E-state index contributed by atoms with van der Waals surface area (Å²) in [6.45, 7) is 2.90. The number of rotatable bonds is 4. The van der Waals surface area contributed by atoms with Gasteiger partial charge in [-0.3, -0.25) is 4.79 Å². The van der Waals surface area contributed by atoms with E-state index >= 15 is 0 Å². The van der Waals surface area contributed by atoms with E-state index in [1.807, 2.05) is 0 Å². The third-order valence-electron chi connectivity index (χ3n) is 4.99. The van der Waals surface area contributed by atoms with Crippen LogP contribution >= 0.6 is 0 Å². The van der Waals surface area contributed by atoms with Gasteiger partial charge in [-0.1, -0.05) is 6.08 Å². The minimum absolute atomic E-state index is 0.0190. The molecule has 1 aliphatic rings. The number of nitrogens with zero attached hydrogens (tertiary/aromatic N) is 2. The van der Waals surface area contributed by atoms with Gasteiger partial charge < -0.3 is 10.6 Å². The maximum Gasteiger partial charge on any atom is 0.416 e. The van der Waals surface area contributed by atoms with Gasteiger partial charge in [-0.2, -0.15) is 26.3 Å². The first kappa shape index (κ1) is 23.7. The van der Waals surface area contributed by atoms with Crippen LogP contribution in [0.15, 0.2) is 30.5 Å². The number of hydrogen-bond donors (Lipinski definition) is 2. The van der Waals surface area contributed by atoms with E-state index in [9.17, 15) is 31.1 Å². The summed E-state index contributed by atoms with van der Waals surface area (Å²) in [5.74, 6) is -3.16. The summed E-state index contributed by atoms with van der Waals surface area (Å²) in [5.41, 5.74) is -1.43. The van der Waals surface area contributed by atoms with Gasteiger partial charge in [0, 0.05) is 30.8 Å². The number of halogens is 6. The molecule has 2 N–H and O–H groups in total. The predicted octanol–water partition coefficient (Wildman–Crippen LogP) is 5.16. The van der Waals surface area contributed by atoms with Gasteiger partial charge in [-0.25, -0.2) is 9.97 Å². The average molecular weight is 458 g/mol. The summed E-state index contributed by atoms with van der Waals surface area (Å²) in [7, 11) is 0. The molecule has 2 aromatic heterocycles. The van der Waals surface area contributed by atoms with Gasteiger partial charge in [0.1, 0.15) is 5.82 Å². The predicted molar refractivity (Wildman–Crippen MR) is 107 cm³/mol. The lowest BCUT2D eigenvalue weighted by atomic mass is 9.92. The van der Waals surface area contributed by atoms with Crippen LogP contribution in [-0.4, -0.2) is 35.1 Å². The lowest BCUT2D eigenvalue weighted by Crippen LogP contribution is -2.23. The quantitative estimate of drug-likeness (QED) is 0.621. The standard InChI is InChI=1S/C21H20F6N4O/c1-11(20(22,23)24)18-15(5-7-29-19(18)30-12(2)32)17-9-14(21(25,26)27)8-16(31-17)13-4-3-6-28-10-13/h4-5,7-9,11,28H,3,6,10H2,1-2H3,(H,29,30,32). The molecule has 32 heavy (non-hydrogen) atoms. The zero-order valence-corrected chi connectivity index (χ0v) is 17.2. The first-order chi connectivity index (χ1) is 14.9. The maximum atomic E-state index is 13.6. The Bertz CT molecular complexity index is 1050. The van der Waals surface area contributed by atoms with Gasteiger partial charge in [0.2, 0.25) is 5.91 Å². The molecule has 1 amide bonds. The molecule has 1 atom stereocenters. The van der Waals surface area contributed by atoms with Crippen LogP contribution in [0.4, 0.5) is 32.2 Å². The van der Waals surface area contributed by atoms with Crippen LogP contribution < -0.4 is 10.6 Å². The van der Waals surface area contributed by atoms with Crippen molar-refractivity contribution >= 4 is 17.3 Å². The normalized spacial score (nSPS) is 15.8. The van der Waals surface area contributed by atoms with Crippen molar-refractivity contribution in [1.82, 2.24) is 15.3 Å². The molecule has 0 aliphatic carbocycles. The first-order valence-electron chi connectivity index (χ1n) is 9.71. The molecular formula is C21H20F6N4O. The minimum Gasteiger partial charge on any atom is -0.312 e. The highest BCUT2D eigenvalue weighted by atomic mass is 19.4. The summed E-state index contributed by atoms with van der Waals surface area (Å²) < 4.78 is 81.7. The topological polar surface area (TPSA) is 66.9 Å². The Morgan fingerprint density at radius 2 is 1.84 bits per heavy atom. The molecule has 2 aromatic rings. The van der Waals surface area contributed by atoms with Crippen LogP contribution in [0.25, 0.3) is 16.8 Å². The molecule has 0 aromatic carbocycles. The Morgan fingerprint density at radius 3 is 2.41 bits per heavy atom. The summed E-state index contributed by atoms with van der Waals surface area (Å²) in [6.07, 6.45) is -6.02. The van der Waals surface area contributed by atoms with Crippen LogP contribution in [0, 0.1) is 0 Å². The molecule has 0 saturated carbocycles. The lowest BCUT2D eigenvalue weighted by molar-refractivity contribution is -0.146. The van der Waals surface area contributed by atoms with Crippen molar-refractivity contribution in [3.63, 3.8) is 0 Å². The molecule has 11 heteroatoms. The largest absolute Gasteiger partial charge is 0.416 e. The number of carbonyl (C=O) groups excluding carboxylic acids is 1. The zero-order chi connectivity index (χ0) is 23.7. The van der Waals surface area contributed by atoms with Crippen molar-refractivity contribution in [2.24, 2.45) is 0 Å². The lowest BCUT2D eigenvalue weighted by Gasteiger charge is -2.23. The van der Waals surface area contributed by atoms with Gasteiger partial charge in [0.15, 0.2) is 0 Å². The van der Waals surface area contributed by atoms with Gasteiger partial charge >= 0.3 is 12.4 Å². The molecule has 5 nitrogen and oxygen atoms in total. The molecule has 3 rings (SSSR count). The SMILES string of the molecule is CC(=O)Nc1nccc(-c2cc(C(F)(F)F)cc(C3=CCCNC3)n2)c1C(C)C(F)(F)F. The van der Waals surface area contributed by atoms with Crippen molar-refractivity contribution in [3.8, 4) is 11.3 Å². The van der Waals surface area contributed by atoms with Crippen molar-refractivity contribution in [2.75, 3.05) is 18.4 Å². The van der Waals surface area contributed by atoms with Gasteiger partial charge in [0.05, 0.1) is 22.9 Å². The monoisotopic (exact) mass is 458 g/mol. The molecule has 0 bridgehead atoms. The van der Waals surface area contributed by atoms with Crippen molar-refractivity contribution < 1.29 is 31.1 Å². The number of carbonyl (C=O) groups is 1. The first-order valence-corrected chi connectivity index (χ1v) is 9.71. The van der Waals surface area contributed by atoms with E-state index in [-0.39, 0.29) is 29.3 Å². The highest BCUT2D eigenvalue weighted by Gasteiger charge is 2.41. The fourth-order valence-corrected chi connectivity index (χ4v) is 3.40. The van der Waals surface area contributed by atoms with Crippen LogP contribution in [0.5, 0.6) is 0 Å². The Balaban J connectivity index is 2.28. The van der Waals surface area contributed by atoms with Gasteiger partial charge in [0.25, 0.3) is 0 Å². The Kier molecular flexibility index (Phi) is 6.59. The molecule has 1 aliphatic heterocycles. The summed E-state index contributed by atoms with van der Waals surface area (Å²) in [6, 6.07) is 2.76. The number of alkyl halides is 6. The van der Waals surface area contributed by atoms with E-state index in [2.05, 4.69) is 20.6 Å². The highest BCUT2D eigenvalue weighted by Crippen LogP contribution is 2.43. The second-order valence-corrected chi connectivity index (χ2v) is 7.38. The van der Waals surface area contributed by atoms with E-state index in [1.54, 1.807) is 6.08 Å². The van der Waals surface area contributed by atoms with Crippen molar-refractivity contribution in [1.29, 1.82) is 0 Å². The van der Waals surface area contributed by atoms with E-state index in [0.29, 0.717) is 24.6 Å². The summed E-state index contributed by atoms with van der Waals surface area (Å²) in [4.78, 5) is 19.6. The molecule has 0 fully saturated rings. The average Bonchev–Trinajstić information content (AvgIpc) is 2.71. The number of hydrogen-bond acceptors (Lipinski definition) is 4. The van der Waals surface area contributed by atoms with Gasteiger partial charge in [-0.05, 0) is 43.7 Å². The fraction of sp³-hybridized carbons (Fsp3) is 0.381. The van der Waals surface area contributed by atoms with E-state index in [4.69, 9.17) is 0 Å². The third kappa shape index (κ3) is 5.26. The molecule has 0 saturated heterocycles. The van der Waals surface area contributed by atoms with Crippen LogP contribution in [0.3, 0.4) is 0 Å². The number of pyridine rings is 2. The molecule has 3 heterocycles. The van der Waals surface area contributed by atoms with Crippen LogP contribution in [0.2, 0.25) is 0 Å². The maximum absolute atomic E-state index is 13.6. The number of anilines is 1. The number of amides is 1. The minimum atomic E-state index is -4.74. The smallest absolute Gasteiger partial charge is 0.312 e. The summed E-state index contributed by atoms with van der Waals surface area (Å²) in [5, 5.41) is 5.27. The van der Waals surface area contributed by atoms with Crippen molar-refractivity contribution in [2.45, 2.75) is 38.5 Å². The number of nitrogens with one attached hydrogen (secondary N) is 2. The van der Waals surface area contributed by atoms with E-state index < -0.39 is 35.3 Å². The molecule has 172 valence electrons. The zero-order valence-electron chi connectivity index (χ0n) is 17.2. The van der Waals surface area contributed by atoms with E-state index in [0.717, 1.165) is 26.1 Å². The fourth-order valence-electron chi connectivity index (χ4n) is 3.40. The molecule has 0 spiro atoms. The van der Waals surface area contributed by atoms with Crippen LogP contribution in [-0.2, 0) is 11.0 Å². The Hall–Kier alpha value is -2.95. The summed E-state index contributed by atoms with van der Waals surface area (Å²) >= 11 is 0. The Morgan fingerprint density at radius 1 is 1.16 bits per heavy atom.